The van der Waals surface area contributed by atoms with Gasteiger partial charge in [0.25, 0.3) is 0 Å². The summed E-state index contributed by atoms with van der Waals surface area (Å²) in [5, 5.41) is 8.94. The fraction of sp³-hybridized carbons (Fsp3) is 0.500. The van der Waals surface area contributed by atoms with Crippen molar-refractivity contribution in [2.45, 2.75) is 6.92 Å². The molecule has 1 N–H and O–H groups in total. The average Bonchev–Trinajstić information content (AvgIpc) is 2.40. The first-order valence-corrected chi connectivity index (χ1v) is 7.30. The van der Waals surface area contributed by atoms with E-state index < -0.39 is 0 Å². The van der Waals surface area contributed by atoms with Crippen LogP contribution in [0.25, 0.3) is 0 Å². The van der Waals surface area contributed by atoms with E-state index in [1.54, 1.807) is 6.92 Å². The second kappa shape index (κ2) is 6.50. The summed E-state index contributed by atoms with van der Waals surface area (Å²) in [6.45, 7) is 6.17. The SMILES string of the molecule is CC(=O)c1cc(Br)ccc1N1CCN(CCO)CC1. The summed E-state index contributed by atoms with van der Waals surface area (Å²) in [5.41, 5.74) is 1.78. The van der Waals surface area contributed by atoms with Crippen LogP contribution in [0, 0.1) is 0 Å². The van der Waals surface area contributed by atoms with E-state index in [9.17, 15) is 4.79 Å². The van der Waals surface area contributed by atoms with E-state index in [-0.39, 0.29) is 12.4 Å². The molecule has 0 amide bonds. The Kier molecular flexibility index (Phi) is 4.96. The first-order valence-electron chi connectivity index (χ1n) is 6.50. The number of nitrogens with zero attached hydrogens (tertiary/aromatic N) is 2. The molecular formula is C14H19BrN2O2. The second-order valence-electron chi connectivity index (χ2n) is 4.77. The topological polar surface area (TPSA) is 43.8 Å². The van der Waals surface area contributed by atoms with Crippen molar-refractivity contribution in [1.82, 2.24) is 4.90 Å². The van der Waals surface area contributed by atoms with Crippen LogP contribution >= 0.6 is 15.9 Å². The fourth-order valence-electron chi connectivity index (χ4n) is 2.42. The lowest BCUT2D eigenvalue weighted by Gasteiger charge is -2.36. The third kappa shape index (κ3) is 3.55. The van der Waals surface area contributed by atoms with Gasteiger partial charge in [0.05, 0.1) is 6.61 Å². The zero-order chi connectivity index (χ0) is 13.8. The maximum Gasteiger partial charge on any atom is 0.161 e. The monoisotopic (exact) mass is 326 g/mol. The Bertz CT molecular complexity index is 457. The van der Waals surface area contributed by atoms with Crippen LogP contribution in [-0.4, -0.2) is 55.1 Å². The zero-order valence-corrected chi connectivity index (χ0v) is 12.7. The van der Waals surface area contributed by atoms with Crippen molar-refractivity contribution in [2.75, 3.05) is 44.2 Å². The maximum atomic E-state index is 11.7. The Hall–Kier alpha value is -0.910. The van der Waals surface area contributed by atoms with E-state index >= 15 is 0 Å². The summed E-state index contributed by atoms with van der Waals surface area (Å²) in [5.74, 6) is 0.0917. The van der Waals surface area contributed by atoms with Gasteiger partial charge < -0.3 is 10.0 Å². The molecular weight excluding hydrogens is 308 g/mol. The highest BCUT2D eigenvalue weighted by atomic mass is 79.9. The van der Waals surface area contributed by atoms with Gasteiger partial charge in [0, 0.05) is 48.4 Å². The number of piperazine rings is 1. The molecule has 1 aromatic carbocycles. The summed E-state index contributed by atoms with van der Waals surface area (Å²) >= 11 is 3.41. The summed E-state index contributed by atoms with van der Waals surface area (Å²) in [7, 11) is 0. The molecule has 19 heavy (non-hydrogen) atoms. The van der Waals surface area contributed by atoms with Crippen LogP contribution < -0.4 is 4.90 Å². The number of hydrogen-bond donors (Lipinski definition) is 1. The Morgan fingerprint density at radius 3 is 2.58 bits per heavy atom. The average molecular weight is 327 g/mol. The molecule has 1 heterocycles. The van der Waals surface area contributed by atoms with Crippen LogP contribution in [0.4, 0.5) is 5.69 Å². The van der Waals surface area contributed by atoms with Crippen molar-refractivity contribution in [1.29, 1.82) is 0 Å². The number of halogens is 1. The first kappa shape index (κ1) is 14.5. The van der Waals surface area contributed by atoms with Gasteiger partial charge in [0.1, 0.15) is 0 Å². The van der Waals surface area contributed by atoms with Gasteiger partial charge in [-0.3, -0.25) is 9.69 Å². The first-order chi connectivity index (χ1) is 9.11. The van der Waals surface area contributed by atoms with Gasteiger partial charge >= 0.3 is 0 Å². The van der Waals surface area contributed by atoms with Gasteiger partial charge in [0.15, 0.2) is 5.78 Å². The summed E-state index contributed by atoms with van der Waals surface area (Å²) < 4.78 is 0.931. The predicted octanol–water partition coefficient (Wildman–Crippen LogP) is 1.77. The molecule has 1 aromatic rings. The molecule has 4 nitrogen and oxygen atoms in total. The van der Waals surface area contributed by atoms with E-state index in [0.717, 1.165) is 48.4 Å². The van der Waals surface area contributed by atoms with Crippen molar-refractivity contribution in [3.63, 3.8) is 0 Å². The van der Waals surface area contributed by atoms with Crippen LogP contribution in [0.1, 0.15) is 17.3 Å². The molecule has 0 bridgehead atoms. The number of hydrogen-bond acceptors (Lipinski definition) is 4. The number of aliphatic hydroxyl groups is 1. The Labute approximate surface area is 122 Å². The number of anilines is 1. The van der Waals surface area contributed by atoms with Gasteiger partial charge in [0.2, 0.25) is 0 Å². The number of ketones is 1. The number of Topliss-reactive ketones (excluding diaryl/α,β-unsaturated/α-hetero) is 1. The highest BCUT2D eigenvalue weighted by molar-refractivity contribution is 9.10. The van der Waals surface area contributed by atoms with Crippen LogP contribution in [-0.2, 0) is 0 Å². The van der Waals surface area contributed by atoms with Gasteiger partial charge in [-0.25, -0.2) is 0 Å². The summed E-state index contributed by atoms with van der Waals surface area (Å²) in [6, 6.07) is 5.86. The number of rotatable bonds is 4. The van der Waals surface area contributed by atoms with Crippen molar-refractivity contribution in [2.24, 2.45) is 0 Å². The number of carbonyl (C=O) groups excluding carboxylic acids is 1. The molecule has 0 saturated carbocycles. The smallest absolute Gasteiger partial charge is 0.161 e. The lowest BCUT2D eigenvalue weighted by molar-refractivity contribution is 0.101. The van der Waals surface area contributed by atoms with Crippen LogP contribution in [0.15, 0.2) is 22.7 Å². The normalized spacial score (nSPS) is 16.7. The molecule has 2 rings (SSSR count). The van der Waals surface area contributed by atoms with Gasteiger partial charge in [-0.2, -0.15) is 0 Å². The molecule has 1 aliphatic rings. The molecule has 1 fully saturated rings. The second-order valence-corrected chi connectivity index (χ2v) is 5.69. The third-order valence-corrected chi connectivity index (χ3v) is 3.96. The Morgan fingerprint density at radius 2 is 2.00 bits per heavy atom. The van der Waals surface area contributed by atoms with Crippen LogP contribution in [0.5, 0.6) is 0 Å². The van der Waals surface area contributed by atoms with Crippen LogP contribution in [0.3, 0.4) is 0 Å². The molecule has 0 radical (unpaired) electrons. The summed E-state index contributed by atoms with van der Waals surface area (Å²) in [6.07, 6.45) is 0. The molecule has 0 aromatic heterocycles. The van der Waals surface area contributed by atoms with Gasteiger partial charge in [-0.05, 0) is 25.1 Å². The largest absolute Gasteiger partial charge is 0.395 e. The minimum atomic E-state index is 0.0917. The highest BCUT2D eigenvalue weighted by Gasteiger charge is 2.20. The fourth-order valence-corrected chi connectivity index (χ4v) is 2.78. The minimum Gasteiger partial charge on any atom is -0.395 e. The van der Waals surface area contributed by atoms with Crippen LogP contribution in [0.2, 0.25) is 0 Å². The molecule has 0 aliphatic carbocycles. The lowest BCUT2D eigenvalue weighted by Crippen LogP contribution is -2.47. The number of aliphatic hydroxyl groups excluding tert-OH is 1. The number of carbonyl (C=O) groups is 1. The van der Waals surface area contributed by atoms with E-state index in [0.29, 0.717) is 0 Å². The molecule has 1 saturated heterocycles. The Balaban J connectivity index is 2.13. The van der Waals surface area contributed by atoms with Crippen molar-refractivity contribution >= 4 is 27.4 Å². The molecule has 0 unspecified atom stereocenters. The Morgan fingerprint density at radius 1 is 1.32 bits per heavy atom. The predicted molar refractivity (Wildman–Crippen MR) is 79.9 cm³/mol. The van der Waals surface area contributed by atoms with E-state index in [1.165, 1.54) is 0 Å². The molecule has 1 aliphatic heterocycles. The van der Waals surface area contributed by atoms with E-state index in [4.69, 9.17) is 5.11 Å². The minimum absolute atomic E-state index is 0.0917. The van der Waals surface area contributed by atoms with Gasteiger partial charge in [-0.1, -0.05) is 15.9 Å². The van der Waals surface area contributed by atoms with Crippen molar-refractivity contribution < 1.29 is 9.90 Å². The third-order valence-electron chi connectivity index (χ3n) is 3.47. The van der Waals surface area contributed by atoms with E-state index in [2.05, 4.69) is 25.7 Å². The summed E-state index contributed by atoms with van der Waals surface area (Å²) in [4.78, 5) is 16.2. The maximum absolute atomic E-state index is 11.7. The quantitative estimate of drug-likeness (QED) is 0.856. The zero-order valence-electron chi connectivity index (χ0n) is 11.1. The molecule has 104 valence electrons. The molecule has 0 atom stereocenters. The van der Waals surface area contributed by atoms with Crippen molar-refractivity contribution in [3.05, 3.63) is 28.2 Å². The van der Waals surface area contributed by atoms with Gasteiger partial charge in [-0.15, -0.1) is 0 Å². The molecule has 0 spiro atoms. The van der Waals surface area contributed by atoms with E-state index in [1.807, 2.05) is 18.2 Å². The number of benzene rings is 1. The van der Waals surface area contributed by atoms with Crippen molar-refractivity contribution in [3.8, 4) is 0 Å². The lowest BCUT2D eigenvalue weighted by atomic mass is 10.1. The molecule has 5 heteroatoms. The highest BCUT2D eigenvalue weighted by Crippen LogP contribution is 2.26. The number of β-amino-alcohol motifs (C(OH)–C–C–N with tert-alkyl or cyclic N) is 1. The standard InChI is InChI=1S/C14H19BrN2O2/c1-11(19)13-10-12(15)2-3-14(13)17-6-4-16(5-7-17)8-9-18/h2-3,10,18H,4-9H2,1H3.